The number of halogens is 2. The summed E-state index contributed by atoms with van der Waals surface area (Å²) in [5.41, 5.74) is 0. The molecule has 0 bridgehead atoms. The highest BCUT2D eigenvalue weighted by Crippen LogP contribution is 2.39. The average molecular weight is 316 g/mol. The van der Waals surface area contributed by atoms with Crippen molar-refractivity contribution in [3.63, 3.8) is 0 Å². The van der Waals surface area contributed by atoms with Crippen LogP contribution in [0.15, 0.2) is 39.3 Å². The first kappa shape index (κ1) is 9.99. The molecule has 2 aromatic rings. The molecule has 0 heterocycles. The van der Waals surface area contributed by atoms with E-state index in [0.717, 1.165) is 20.1 Å². The third-order valence-electron chi connectivity index (χ3n) is 2.10. The molecule has 0 aliphatic rings. The molecule has 0 saturated heterocycles. The first-order chi connectivity index (χ1) is 6.74. The van der Waals surface area contributed by atoms with Crippen molar-refractivity contribution < 1.29 is 4.74 Å². The molecular formula is C11H8Br2O. The van der Waals surface area contributed by atoms with Crippen LogP contribution < -0.4 is 4.74 Å². The summed E-state index contributed by atoms with van der Waals surface area (Å²) in [4.78, 5) is 0. The molecule has 3 heteroatoms. The number of benzene rings is 2. The molecule has 0 spiro atoms. The van der Waals surface area contributed by atoms with E-state index >= 15 is 0 Å². The Bertz CT molecular complexity index is 480. The Morgan fingerprint density at radius 1 is 1.14 bits per heavy atom. The summed E-state index contributed by atoms with van der Waals surface area (Å²) in [6.45, 7) is 0. The van der Waals surface area contributed by atoms with Gasteiger partial charge in [0.05, 0.1) is 16.1 Å². The van der Waals surface area contributed by atoms with E-state index in [1.165, 1.54) is 5.39 Å². The summed E-state index contributed by atoms with van der Waals surface area (Å²) >= 11 is 7.01. The van der Waals surface area contributed by atoms with Crippen LogP contribution in [0, 0.1) is 0 Å². The Kier molecular flexibility index (Phi) is 2.79. The second-order valence-electron chi connectivity index (χ2n) is 2.93. The topological polar surface area (TPSA) is 9.23 Å². The van der Waals surface area contributed by atoms with Gasteiger partial charge in [0.2, 0.25) is 0 Å². The highest BCUT2D eigenvalue weighted by Gasteiger charge is 2.09. The molecular weight excluding hydrogens is 308 g/mol. The summed E-state index contributed by atoms with van der Waals surface area (Å²) in [6, 6.07) is 10.2. The Balaban J connectivity index is 2.86. The van der Waals surface area contributed by atoms with Gasteiger partial charge in [0.1, 0.15) is 5.75 Å². The van der Waals surface area contributed by atoms with Crippen molar-refractivity contribution >= 4 is 42.6 Å². The number of ether oxygens (including phenoxy) is 1. The highest BCUT2D eigenvalue weighted by atomic mass is 79.9. The summed E-state index contributed by atoms with van der Waals surface area (Å²) in [5, 5.41) is 2.35. The lowest BCUT2D eigenvalue weighted by Crippen LogP contribution is -1.87. The molecule has 2 aromatic carbocycles. The highest BCUT2D eigenvalue weighted by molar-refractivity contribution is 9.11. The van der Waals surface area contributed by atoms with Gasteiger partial charge in [0, 0.05) is 0 Å². The zero-order valence-electron chi connectivity index (χ0n) is 7.55. The quantitative estimate of drug-likeness (QED) is 0.759. The molecule has 0 unspecified atom stereocenters. The van der Waals surface area contributed by atoms with Crippen molar-refractivity contribution in [2.24, 2.45) is 0 Å². The van der Waals surface area contributed by atoms with Crippen LogP contribution in [-0.2, 0) is 0 Å². The van der Waals surface area contributed by atoms with Crippen LogP contribution in [-0.4, -0.2) is 7.11 Å². The number of fused-ring (bicyclic) bond motifs is 1. The second-order valence-corrected chi connectivity index (χ2v) is 4.57. The van der Waals surface area contributed by atoms with Gasteiger partial charge in [0.15, 0.2) is 0 Å². The van der Waals surface area contributed by atoms with Gasteiger partial charge < -0.3 is 4.74 Å². The van der Waals surface area contributed by atoms with E-state index in [1.54, 1.807) is 7.11 Å². The van der Waals surface area contributed by atoms with E-state index in [1.807, 2.05) is 12.1 Å². The molecule has 0 radical (unpaired) electrons. The molecule has 0 aromatic heterocycles. The van der Waals surface area contributed by atoms with Crippen molar-refractivity contribution in [2.75, 3.05) is 7.11 Å². The summed E-state index contributed by atoms with van der Waals surface area (Å²) in [5.74, 6) is 0.837. The van der Waals surface area contributed by atoms with Crippen LogP contribution in [0.2, 0.25) is 0 Å². The molecule has 1 nitrogen and oxygen atoms in total. The third-order valence-corrected chi connectivity index (χ3v) is 3.48. The lowest BCUT2D eigenvalue weighted by Gasteiger charge is -2.08. The number of rotatable bonds is 1. The third kappa shape index (κ3) is 1.55. The van der Waals surface area contributed by atoms with Gasteiger partial charge in [-0.2, -0.15) is 0 Å². The van der Waals surface area contributed by atoms with E-state index in [4.69, 9.17) is 4.74 Å². The first-order valence-corrected chi connectivity index (χ1v) is 5.73. The molecule has 0 amide bonds. The van der Waals surface area contributed by atoms with Crippen molar-refractivity contribution in [3.05, 3.63) is 39.3 Å². The van der Waals surface area contributed by atoms with E-state index in [0.29, 0.717) is 0 Å². The minimum atomic E-state index is 0.837. The van der Waals surface area contributed by atoms with Gasteiger partial charge in [-0.05, 0) is 48.7 Å². The zero-order chi connectivity index (χ0) is 10.1. The Hall–Kier alpha value is -0.540. The summed E-state index contributed by atoms with van der Waals surface area (Å²) in [7, 11) is 1.67. The number of methoxy groups -OCH3 is 1. The fraction of sp³-hybridized carbons (Fsp3) is 0.0909. The monoisotopic (exact) mass is 314 g/mol. The maximum atomic E-state index is 5.29. The van der Waals surface area contributed by atoms with Crippen LogP contribution in [0.25, 0.3) is 10.8 Å². The lowest BCUT2D eigenvalue weighted by molar-refractivity contribution is 0.410. The fourth-order valence-electron chi connectivity index (χ4n) is 1.44. The molecule has 14 heavy (non-hydrogen) atoms. The molecule has 0 aliphatic carbocycles. The molecule has 0 aliphatic heterocycles. The molecule has 72 valence electrons. The Morgan fingerprint density at radius 3 is 2.57 bits per heavy atom. The Labute approximate surface area is 99.3 Å². The van der Waals surface area contributed by atoms with Gasteiger partial charge in [-0.3, -0.25) is 0 Å². The van der Waals surface area contributed by atoms with Gasteiger partial charge in [-0.1, -0.05) is 24.3 Å². The lowest BCUT2D eigenvalue weighted by atomic mass is 10.1. The summed E-state index contributed by atoms with van der Waals surface area (Å²) in [6.07, 6.45) is 0. The number of hydrogen-bond acceptors (Lipinski definition) is 1. The van der Waals surface area contributed by atoms with Gasteiger partial charge in [-0.15, -0.1) is 0 Å². The van der Waals surface area contributed by atoms with Crippen LogP contribution in [0.1, 0.15) is 0 Å². The van der Waals surface area contributed by atoms with Gasteiger partial charge in [-0.25, -0.2) is 0 Å². The van der Waals surface area contributed by atoms with Crippen LogP contribution in [0.3, 0.4) is 0 Å². The van der Waals surface area contributed by atoms with Crippen LogP contribution >= 0.6 is 31.9 Å². The largest absolute Gasteiger partial charge is 0.494 e. The maximum Gasteiger partial charge on any atom is 0.147 e. The first-order valence-electron chi connectivity index (χ1n) is 4.15. The SMILES string of the molecule is COc1c(Br)cc2ccccc2c1Br. The van der Waals surface area contributed by atoms with E-state index in [2.05, 4.69) is 50.1 Å². The van der Waals surface area contributed by atoms with Crippen LogP contribution in [0.4, 0.5) is 0 Å². The molecule has 0 fully saturated rings. The van der Waals surface area contributed by atoms with Gasteiger partial charge in [0.25, 0.3) is 0 Å². The standard InChI is InChI=1S/C11H8Br2O/c1-14-11-9(12)6-7-4-2-3-5-8(7)10(11)13/h2-6H,1H3. The maximum absolute atomic E-state index is 5.29. The summed E-state index contributed by atoms with van der Waals surface area (Å²) < 4.78 is 7.24. The van der Waals surface area contributed by atoms with Crippen molar-refractivity contribution in [3.8, 4) is 5.75 Å². The van der Waals surface area contributed by atoms with Crippen molar-refractivity contribution in [2.45, 2.75) is 0 Å². The minimum Gasteiger partial charge on any atom is -0.494 e. The average Bonchev–Trinajstić information content (AvgIpc) is 2.18. The van der Waals surface area contributed by atoms with Crippen molar-refractivity contribution in [1.82, 2.24) is 0 Å². The van der Waals surface area contributed by atoms with E-state index in [9.17, 15) is 0 Å². The van der Waals surface area contributed by atoms with E-state index in [-0.39, 0.29) is 0 Å². The second kappa shape index (κ2) is 3.91. The normalized spacial score (nSPS) is 10.5. The number of hydrogen-bond donors (Lipinski definition) is 0. The van der Waals surface area contributed by atoms with Gasteiger partial charge >= 0.3 is 0 Å². The molecule has 0 saturated carbocycles. The van der Waals surface area contributed by atoms with E-state index < -0.39 is 0 Å². The smallest absolute Gasteiger partial charge is 0.147 e. The van der Waals surface area contributed by atoms with Crippen molar-refractivity contribution in [1.29, 1.82) is 0 Å². The zero-order valence-corrected chi connectivity index (χ0v) is 10.7. The predicted molar refractivity (Wildman–Crippen MR) is 65.9 cm³/mol. The molecule has 0 N–H and O–H groups in total. The molecule has 2 rings (SSSR count). The molecule has 0 atom stereocenters. The Morgan fingerprint density at radius 2 is 1.86 bits per heavy atom. The predicted octanol–water partition coefficient (Wildman–Crippen LogP) is 4.37. The fourth-order valence-corrected chi connectivity index (χ4v) is 3.05. The minimum absolute atomic E-state index is 0.837. The van der Waals surface area contributed by atoms with Crippen LogP contribution in [0.5, 0.6) is 5.75 Å².